The lowest BCUT2D eigenvalue weighted by atomic mass is 10.1. The van der Waals surface area contributed by atoms with Crippen molar-refractivity contribution >= 4 is 47.2 Å². The minimum Gasteiger partial charge on any atom is -0.449 e. The van der Waals surface area contributed by atoms with Crippen LogP contribution in [0.1, 0.15) is 19.4 Å². The third-order valence-corrected chi connectivity index (χ3v) is 3.28. The Bertz CT molecular complexity index is 644. The molecule has 0 radical (unpaired) electrons. The first-order valence-corrected chi connectivity index (χ1v) is 7.40. The number of imide groups is 1. The van der Waals surface area contributed by atoms with Crippen molar-refractivity contribution in [2.24, 2.45) is 11.7 Å². The normalized spacial score (nSPS) is 12.2. The van der Waals surface area contributed by atoms with Gasteiger partial charge in [0.05, 0.1) is 0 Å². The minimum atomic E-state index is -1.14. The fourth-order valence-corrected chi connectivity index (χ4v) is 2.12. The summed E-state index contributed by atoms with van der Waals surface area (Å²) in [5, 5.41) is 2.72. The Hall–Kier alpha value is -2.05. The van der Waals surface area contributed by atoms with Crippen LogP contribution in [-0.4, -0.2) is 24.0 Å². The van der Waals surface area contributed by atoms with Gasteiger partial charge in [-0.25, -0.2) is 9.59 Å². The fraction of sp³-hybridized carbons (Fsp3) is 0.267. The van der Waals surface area contributed by atoms with Crippen LogP contribution in [0.4, 0.5) is 4.79 Å². The number of esters is 1. The highest BCUT2D eigenvalue weighted by molar-refractivity contribution is 6.35. The van der Waals surface area contributed by atoms with Crippen LogP contribution in [0.25, 0.3) is 6.08 Å². The third-order valence-electron chi connectivity index (χ3n) is 2.71. The first-order valence-electron chi connectivity index (χ1n) is 6.64. The molecule has 6 nitrogen and oxygen atoms in total. The van der Waals surface area contributed by atoms with Crippen LogP contribution in [-0.2, 0) is 14.3 Å². The number of halogens is 2. The zero-order chi connectivity index (χ0) is 17.6. The van der Waals surface area contributed by atoms with Gasteiger partial charge in [-0.3, -0.25) is 10.1 Å². The second-order valence-electron chi connectivity index (χ2n) is 4.95. The summed E-state index contributed by atoms with van der Waals surface area (Å²) in [6.45, 7) is 3.33. The molecule has 1 rings (SSSR count). The zero-order valence-electron chi connectivity index (χ0n) is 12.5. The average Bonchev–Trinajstić information content (AvgIpc) is 2.42. The maximum absolute atomic E-state index is 11.8. The molecule has 23 heavy (non-hydrogen) atoms. The quantitative estimate of drug-likeness (QED) is 0.624. The number of hydrogen-bond donors (Lipinski definition) is 2. The Morgan fingerprint density at radius 1 is 1.26 bits per heavy atom. The fourth-order valence-electron chi connectivity index (χ4n) is 1.64. The number of hydrogen-bond acceptors (Lipinski definition) is 4. The van der Waals surface area contributed by atoms with Gasteiger partial charge in [-0.2, -0.15) is 0 Å². The van der Waals surface area contributed by atoms with Crippen LogP contribution in [0, 0.1) is 5.92 Å². The topological polar surface area (TPSA) is 98.5 Å². The van der Waals surface area contributed by atoms with E-state index in [1.54, 1.807) is 26.0 Å². The Kier molecular flexibility index (Phi) is 7.06. The van der Waals surface area contributed by atoms with Crippen LogP contribution in [0.2, 0.25) is 10.0 Å². The van der Waals surface area contributed by atoms with Crippen LogP contribution in [0.5, 0.6) is 0 Å². The van der Waals surface area contributed by atoms with E-state index in [1.165, 1.54) is 12.1 Å². The van der Waals surface area contributed by atoms with E-state index in [0.29, 0.717) is 15.6 Å². The number of rotatable bonds is 5. The second kappa shape index (κ2) is 8.55. The smallest absolute Gasteiger partial charge is 0.331 e. The molecule has 1 atom stereocenters. The molecule has 0 aliphatic heterocycles. The number of amides is 3. The maximum atomic E-state index is 11.8. The van der Waals surface area contributed by atoms with Gasteiger partial charge in [0, 0.05) is 16.1 Å². The van der Waals surface area contributed by atoms with Crippen molar-refractivity contribution in [2.75, 3.05) is 0 Å². The molecule has 0 unspecified atom stereocenters. The lowest BCUT2D eigenvalue weighted by molar-refractivity contribution is -0.153. The number of primary amides is 1. The van der Waals surface area contributed by atoms with Crippen molar-refractivity contribution in [3.8, 4) is 0 Å². The molecule has 0 saturated carbocycles. The van der Waals surface area contributed by atoms with Gasteiger partial charge in [0.25, 0.3) is 5.91 Å². The first-order chi connectivity index (χ1) is 10.7. The van der Waals surface area contributed by atoms with Crippen molar-refractivity contribution in [2.45, 2.75) is 20.0 Å². The van der Waals surface area contributed by atoms with Gasteiger partial charge in [-0.05, 0) is 29.7 Å². The van der Waals surface area contributed by atoms with Gasteiger partial charge in [-0.1, -0.05) is 43.1 Å². The summed E-state index contributed by atoms with van der Waals surface area (Å²) in [7, 11) is 0. The second-order valence-corrected chi connectivity index (χ2v) is 5.80. The Morgan fingerprint density at radius 2 is 1.91 bits per heavy atom. The van der Waals surface area contributed by atoms with Crippen LogP contribution in [0.15, 0.2) is 24.3 Å². The summed E-state index contributed by atoms with van der Waals surface area (Å²) < 4.78 is 5.05. The molecule has 0 fully saturated rings. The number of carbonyl (C=O) groups is 3. The number of carbonyl (C=O) groups excluding carboxylic acids is 3. The largest absolute Gasteiger partial charge is 0.449 e. The van der Waals surface area contributed by atoms with Crippen molar-refractivity contribution in [3.05, 3.63) is 39.9 Å². The number of nitrogens with one attached hydrogen (secondary N) is 1. The molecule has 0 aromatic heterocycles. The SMILES string of the molecule is CC(C)[C@H](OC(=O)/C=C/c1ccc(Cl)cc1Cl)C(=O)NC(N)=O. The molecule has 0 saturated heterocycles. The lowest BCUT2D eigenvalue weighted by Crippen LogP contribution is -2.45. The van der Waals surface area contributed by atoms with Crippen LogP contribution >= 0.6 is 23.2 Å². The number of urea groups is 1. The van der Waals surface area contributed by atoms with E-state index in [9.17, 15) is 14.4 Å². The molecular weight excluding hydrogens is 343 g/mol. The van der Waals surface area contributed by atoms with E-state index in [1.807, 2.05) is 5.32 Å². The summed E-state index contributed by atoms with van der Waals surface area (Å²) in [4.78, 5) is 34.3. The van der Waals surface area contributed by atoms with E-state index in [-0.39, 0.29) is 5.92 Å². The van der Waals surface area contributed by atoms with Gasteiger partial charge in [0.15, 0.2) is 6.10 Å². The lowest BCUT2D eigenvalue weighted by Gasteiger charge is -2.18. The van der Waals surface area contributed by atoms with Gasteiger partial charge in [0.2, 0.25) is 0 Å². The zero-order valence-corrected chi connectivity index (χ0v) is 14.0. The summed E-state index contributed by atoms with van der Waals surface area (Å²) in [6, 6.07) is 3.77. The summed E-state index contributed by atoms with van der Waals surface area (Å²) in [5.74, 6) is -1.88. The predicted molar refractivity (Wildman–Crippen MR) is 87.9 cm³/mol. The molecular formula is C15H16Cl2N2O4. The molecule has 124 valence electrons. The third kappa shape index (κ3) is 6.30. The highest BCUT2D eigenvalue weighted by atomic mass is 35.5. The highest BCUT2D eigenvalue weighted by Gasteiger charge is 2.26. The summed E-state index contributed by atoms with van der Waals surface area (Å²) in [6.07, 6.45) is 1.42. The molecule has 1 aromatic carbocycles. The molecule has 0 heterocycles. The van der Waals surface area contributed by atoms with E-state index >= 15 is 0 Å². The van der Waals surface area contributed by atoms with Crippen LogP contribution in [0.3, 0.4) is 0 Å². The molecule has 0 bridgehead atoms. The molecule has 8 heteroatoms. The maximum Gasteiger partial charge on any atom is 0.331 e. The average molecular weight is 359 g/mol. The molecule has 0 aliphatic carbocycles. The van der Waals surface area contributed by atoms with Gasteiger partial charge in [0.1, 0.15) is 0 Å². The van der Waals surface area contributed by atoms with E-state index in [4.69, 9.17) is 33.7 Å². The minimum absolute atomic E-state index is 0.342. The van der Waals surface area contributed by atoms with E-state index in [2.05, 4.69) is 0 Å². The monoisotopic (exact) mass is 358 g/mol. The predicted octanol–water partition coefficient (Wildman–Crippen LogP) is 2.77. The molecule has 3 amide bonds. The van der Waals surface area contributed by atoms with E-state index in [0.717, 1.165) is 6.08 Å². The van der Waals surface area contributed by atoms with Crippen LogP contribution < -0.4 is 11.1 Å². The molecule has 3 N–H and O–H groups in total. The standard InChI is InChI=1S/C15H16Cl2N2O4/c1-8(2)13(14(21)19-15(18)22)23-12(20)6-4-9-3-5-10(16)7-11(9)17/h3-8,13H,1-2H3,(H3,18,19,21,22)/b6-4+/t13-/m0/s1. The number of nitrogens with two attached hydrogens (primary N) is 1. The van der Waals surface area contributed by atoms with Crippen molar-refractivity contribution in [3.63, 3.8) is 0 Å². The molecule has 0 spiro atoms. The molecule has 1 aromatic rings. The summed E-state index contributed by atoms with van der Waals surface area (Å²) >= 11 is 11.8. The van der Waals surface area contributed by atoms with Crippen molar-refractivity contribution in [1.29, 1.82) is 0 Å². The van der Waals surface area contributed by atoms with Gasteiger partial charge in [-0.15, -0.1) is 0 Å². The van der Waals surface area contributed by atoms with Gasteiger partial charge < -0.3 is 10.5 Å². The Balaban J connectivity index is 2.77. The Labute approximate surface area is 143 Å². The van der Waals surface area contributed by atoms with Gasteiger partial charge >= 0.3 is 12.0 Å². The highest BCUT2D eigenvalue weighted by Crippen LogP contribution is 2.22. The van der Waals surface area contributed by atoms with Crippen molar-refractivity contribution in [1.82, 2.24) is 5.32 Å². The number of benzene rings is 1. The molecule has 0 aliphatic rings. The van der Waals surface area contributed by atoms with Crippen molar-refractivity contribution < 1.29 is 19.1 Å². The first kappa shape index (κ1) is 19.0. The Morgan fingerprint density at radius 3 is 2.43 bits per heavy atom. The van der Waals surface area contributed by atoms with E-state index < -0.39 is 24.0 Å². The number of ether oxygens (including phenoxy) is 1. The summed E-state index contributed by atoms with van der Waals surface area (Å²) in [5.41, 5.74) is 5.44.